The number of carboxylic acid groups (broad SMARTS) is 1. The molecular weight excluding hydrogens is 222 g/mol. The molecule has 2 rings (SSSR count). The fraction of sp³-hybridized carbons (Fsp3) is 0.417. The van der Waals surface area contributed by atoms with Gasteiger partial charge in [0.25, 0.3) is 0 Å². The van der Waals surface area contributed by atoms with Crippen LogP contribution in [-0.4, -0.2) is 37.1 Å². The molecule has 5 nitrogen and oxygen atoms in total. The zero-order chi connectivity index (χ0) is 12.4. The zero-order valence-electron chi connectivity index (χ0n) is 9.79. The third-order valence-electron chi connectivity index (χ3n) is 2.86. The van der Waals surface area contributed by atoms with Gasteiger partial charge in [-0.15, -0.1) is 0 Å². The highest BCUT2D eigenvalue weighted by atomic mass is 16.6. The number of hydrogen-bond donors (Lipinski definition) is 1. The topological polar surface area (TPSA) is 62.3 Å². The zero-order valence-corrected chi connectivity index (χ0v) is 9.79. The normalized spacial score (nSPS) is 19.5. The molecule has 1 aliphatic rings. The predicted octanol–water partition coefficient (Wildman–Crippen LogP) is 1.97. The summed E-state index contributed by atoms with van der Waals surface area (Å²) in [6.45, 7) is 2.47. The van der Waals surface area contributed by atoms with Crippen molar-refractivity contribution in [3.05, 3.63) is 24.3 Å². The quantitative estimate of drug-likeness (QED) is 0.813. The first kappa shape index (κ1) is 11.7. The average Bonchev–Trinajstić information content (AvgIpc) is 3.13. The van der Waals surface area contributed by atoms with Crippen molar-refractivity contribution < 1.29 is 19.4 Å². The molecule has 1 saturated heterocycles. The summed E-state index contributed by atoms with van der Waals surface area (Å²) in [6, 6.07) is 6.76. The van der Waals surface area contributed by atoms with E-state index in [0.717, 1.165) is 0 Å². The summed E-state index contributed by atoms with van der Waals surface area (Å²) >= 11 is 0. The third-order valence-corrected chi connectivity index (χ3v) is 2.86. The molecule has 0 aromatic heterocycles. The van der Waals surface area contributed by atoms with Crippen LogP contribution in [0.1, 0.15) is 6.92 Å². The van der Waals surface area contributed by atoms with Crippen LogP contribution in [0.2, 0.25) is 0 Å². The Morgan fingerprint density at radius 3 is 2.53 bits per heavy atom. The van der Waals surface area contributed by atoms with Gasteiger partial charge in [-0.05, 0) is 31.2 Å². The van der Waals surface area contributed by atoms with Gasteiger partial charge < -0.3 is 14.6 Å². The average molecular weight is 237 g/mol. The van der Waals surface area contributed by atoms with Crippen molar-refractivity contribution in [1.29, 1.82) is 0 Å². The van der Waals surface area contributed by atoms with Crippen molar-refractivity contribution >= 4 is 11.8 Å². The molecule has 5 heteroatoms. The number of carbonyl (C=O) groups is 1. The van der Waals surface area contributed by atoms with Gasteiger partial charge in [-0.3, -0.25) is 4.90 Å². The fourth-order valence-corrected chi connectivity index (χ4v) is 1.76. The van der Waals surface area contributed by atoms with Gasteiger partial charge in [0.2, 0.25) is 0 Å². The Bertz CT molecular complexity index is 399. The van der Waals surface area contributed by atoms with Crippen molar-refractivity contribution in [2.75, 3.05) is 18.6 Å². The number of anilines is 1. The van der Waals surface area contributed by atoms with E-state index >= 15 is 0 Å². The van der Waals surface area contributed by atoms with Crippen LogP contribution in [0, 0.1) is 0 Å². The van der Waals surface area contributed by atoms with Gasteiger partial charge in [0.1, 0.15) is 11.9 Å². The van der Waals surface area contributed by atoms with E-state index in [4.69, 9.17) is 9.47 Å². The van der Waals surface area contributed by atoms with Gasteiger partial charge in [-0.1, -0.05) is 0 Å². The van der Waals surface area contributed by atoms with Gasteiger partial charge in [0, 0.05) is 5.69 Å². The monoisotopic (exact) mass is 237 g/mol. The number of hydrogen-bond acceptors (Lipinski definition) is 3. The maximum atomic E-state index is 11.3. The number of epoxide rings is 1. The van der Waals surface area contributed by atoms with Crippen LogP contribution in [0.15, 0.2) is 24.3 Å². The Balaban J connectivity index is 2.21. The van der Waals surface area contributed by atoms with Crippen LogP contribution < -0.4 is 9.64 Å². The predicted molar refractivity (Wildman–Crippen MR) is 62.7 cm³/mol. The fourth-order valence-electron chi connectivity index (χ4n) is 1.76. The molecule has 0 radical (unpaired) electrons. The summed E-state index contributed by atoms with van der Waals surface area (Å²) in [7, 11) is 1.57. The maximum absolute atomic E-state index is 11.3. The first-order valence-corrected chi connectivity index (χ1v) is 5.41. The number of nitrogens with zero attached hydrogens (tertiary/aromatic N) is 1. The minimum Gasteiger partial charge on any atom is -0.497 e. The van der Waals surface area contributed by atoms with E-state index < -0.39 is 6.09 Å². The second-order valence-electron chi connectivity index (χ2n) is 3.96. The Hall–Kier alpha value is -1.75. The van der Waals surface area contributed by atoms with Crippen molar-refractivity contribution in [3.8, 4) is 5.75 Å². The second-order valence-corrected chi connectivity index (χ2v) is 3.96. The lowest BCUT2D eigenvalue weighted by Gasteiger charge is -2.25. The van der Waals surface area contributed by atoms with Gasteiger partial charge in [-0.25, -0.2) is 4.79 Å². The lowest BCUT2D eigenvalue weighted by atomic mass is 10.2. The minimum atomic E-state index is -0.974. The molecule has 1 amide bonds. The number of methoxy groups -OCH3 is 1. The van der Waals surface area contributed by atoms with Crippen LogP contribution >= 0.6 is 0 Å². The molecule has 1 fully saturated rings. The smallest absolute Gasteiger partial charge is 0.412 e. The van der Waals surface area contributed by atoms with E-state index in [2.05, 4.69) is 0 Å². The van der Waals surface area contributed by atoms with Gasteiger partial charge in [-0.2, -0.15) is 0 Å². The van der Waals surface area contributed by atoms with Crippen molar-refractivity contribution in [2.24, 2.45) is 0 Å². The Morgan fingerprint density at radius 1 is 1.53 bits per heavy atom. The van der Waals surface area contributed by atoms with E-state index in [0.29, 0.717) is 18.0 Å². The molecule has 17 heavy (non-hydrogen) atoms. The van der Waals surface area contributed by atoms with Crippen molar-refractivity contribution in [2.45, 2.75) is 19.1 Å². The first-order valence-electron chi connectivity index (χ1n) is 5.41. The van der Waals surface area contributed by atoms with E-state index in [9.17, 15) is 9.90 Å². The maximum Gasteiger partial charge on any atom is 0.412 e. The SMILES string of the molecule is COc1ccc(N(C(=O)O)C(C)C2CO2)cc1. The number of rotatable bonds is 4. The van der Waals surface area contributed by atoms with Crippen molar-refractivity contribution in [1.82, 2.24) is 0 Å². The van der Waals surface area contributed by atoms with Crippen LogP contribution in [0.25, 0.3) is 0 Å². The summed E-state index contributed by atoms with van der Waals surface area (Å²) in [5, 5.41) is 9.24. The Labute approximate surface area is 99.6 Å². The molecule has 0 bridgehead atoms. The molecule has 1 heterocycles. The largest absolute Gasteiger partial charge is 0.497 e. The second kappa shape index (κ2) is 4.63. The Kier molecular flexibility index (Phi) is 3.19. The Morgan fingerprint density at radius 2 is 2.12 bits per heavy atom. The van der Waals surface area contributed by atoms with Crippen LogP contribution in [0.4, 0.5) is 10.5 Å². The summed E-state index contributed by atoms with van der Waals surface area (Å²) in [6.07, 6.45) is -0.966. The lowest BCUT2D eigenvalue weighted by Crippen LogP contribution is -2.41. The van der Waals surface area contributed by atoms with E-state index in [1.807, 2.05) is 6.92 Å². The van der Waals surface area contributed by atoms with Crippen LogP contribution in [0.5, 0.6) is 5.75 Å². The highest BCUT2D eigenvalue weighted by Gasteiger charge is 2.36. The molecule has 0 spiro atoms. The highest BCUT2D eigenvalue weighted by Crippen LogP contribution is 2.26. The molecule has 2 unspecified atom stereocenters. The standard InChI is InChI=1S/C12H15NO4/c1-8(11-7-17-11)13(12(14)15)9-3-5-10(16-2)6-4-9/h3-6,8,11H,7H2,1-2H3,(H,14,15). The summed E-state index contributed by atoms with van der Waals surface area (Å²) < 4.78 is 10.2. The molecule has 2 atom stereocenters. The van der Waals surface area contributed by atoms with Crippen LogP contribution in [-0.2, 0) is 4.74 Å². The molecular formula is C12H15NO4. The lowest BCUT2D eigenvalue weighted by molar-refractivity contribution is 0.197. The van der Waals surface area contributed by atoms with Gasteiger partial charge in [0.05, 0.1) is 19.8 Å². The van der Waals surface area contributed by atoms with Gasteiger partial charge >= 0.3 is 6.09 Å². The molecule has 1 aromatic rings. The molecule has 0 aliphatic carbocycles. The first-order chi connectivity index (χ1) is 8.13. The third kappa shape index (κ3) is 2.50. The molecule has 1 N–H and O–H groups in total. The highest BCUT2D eigenvalue weighted by molar-refractivity contribution is 5.87. The molecule has 92 valence electrons. The summed E-state index contributed by atoms with van der Waals surface area (Å²) in [5.74, 6) is 0.703. The van der Waals surface area contributed by atoms with Crippen LogP contribution in [0.3, 0.4) is 0 Å². The number of benzene rings is 1. The van der Waals surface area contributed by atoms with Crippen molar-refractivity contribution in [3.63, 3.8) is 0 Å². The molecule has 1 aliphatic heterocycles. The van der Waals surface area contributed by atoms with E-state index in [1.54, 1.807) is 31.4 Å². The number of ether oxygens (including phenoxy) is 2. The van der Waals surface area contributed by atoms with E-state index in [1.165, 1.54) is 4.90 Å². The molecule has 0 saturated carbocycles. The molecule has 1 aromatic carbocycles. The summed E-state index contributed by atoms with van der Waals surface area (Å²) in [5.41, 5.74) is 0.626. The number of amides is 1. The minimum absolute atomic E-state index is 0.00759. The van der Waals surface area contributed by atoms with Gasteiger partial charge in [0.15, 0.2) is 0 Å². The van der Waals surface area contributed by atoms with E-state index in [-0.39, 0.29) is 12.1 Å². The summed E-state index contributed by atoms with van der Waals surface area (Å²) in [4.78, 5) is 12.6.